The van der Waals surface area contributed by atoms with Gasteiger partial charge < -0.3 is 5.32 Å². The Kier molecular flexibility index (Phi) is 4.25. The number of anilines is 1. The summed E-state index contributed by atoms with van der Waals surface area (Å²) in [7, 11) is 0. The lowest BCUT2D eigenvalue weighted by atomic mass is 10.0. The Hall–Kier alpha value is -1.74. The van der Waals surface area contributed by atoms with E-state index in [2.05, 4.69) is 5.32 Å². The van der Waals surface area contributed by atoms with Gasteiger partial charge in [0, 0.05) is 21.7 Å². The zero-order chi connectivity index (χ0) is 15.7. The van der Waals surface area contributed by atoms with Gasteiger partial charge in [0.2, 0.25) is 0 Å². The molecule has 0 saturated heterocycles. The van der Waals surface area contributed by atoms with Gasteiger partial charge in [-0.25, -0.2) is 0 Å². The first-order chi connectivity index (χ1) is 10.6. The Morgan fingerprint density at radius 1 is 0.773 bits per heavy atom. The van der Waals surface area contributed by atoms with Crippen LogP contribution in [-0.4, -0.2) is 5.91 Å². The molecule has 0 unspecified atom stereocenters. The molecule has 0 aromatic heterocycles. The molecular weight excluding hydrogens is 341 g/mol. The average molecular weight is 351 g/mol. The van der Waals surface area contributed by atoms with E-state index in [-0.39, 0.29) is 5.91 Å². The highest BCUT2D eigenvalue weighted by Gasteiger charge is 2.12. The van der Waals surface area contributed by atoms with Gasteiger partial charge in [0.15, 0.2) is 0 Å². The van der Waals surface area contributed by atoms with Crippen molar-refractivity contribution in [3.05, 3.63) is 75.2 Å². The fourth-order valence-corrected chi connectivity index (χ4v) is 2.78. The van der Waals surface area contributed by atoms with Crippen molar-refractivity contribution in [2.24, 2.45) is 0 Å². The molecule has 0 heterocycles. The standard InChI is InChI=1S/C17H10Cl3NO/c18-14-6-2-3-11-12(14)4-1-5-13(11)17(22)21-10-7-8-15(19)16(20)9-10/h1-9H,(H,21,22). The van der Waals surface area contributed by atoms with Gasteiger partial charge in [-0.05, 0) is 35.7 Å². The van der Waals surface area contributed by atoms with Crippen LogP contribution in [0.4, 0.5) is 5.69 Å². The quantitative estimate of drug-likeness (QED) is 0.598. The number of carbonyl (C=O) groups is 1. The van der Waals surface area contributed by atoms with Crippen LogP contribution < -0.4 is 5.32 Å². The fraction of sp³-hybridized carbons (Fsp3) is 0. The van der Waals surface area contributed by atoms with E-state index >= 15 is 0 Å². The molecule has 3 aromatic rings. The summed E-state index contributed by atoms with van der Waals surface area (Å²) in [6.45, 7) is 0. The number of halogens is 3. The lowest BCUT2D eigenvalue weighted by Gasteiger charge is -2.09. The van der Waals surface area contributed by atoms with Crippen LogP contribution in [0.25, 0.3) is 10.8 Å². The van der Waals surface area contributed by atoms with Crippen LogP contribution in [0, 0.1) is 0 Å². The molecule has 0 bridgehead atoms. The van der Waals surface area contributed by atoms with Gasteiger partial charge in [-0.3, -0.25) is 4.79 Å². The summed E-state index contributed by atoms with van der Waals surface area (Å²) < 4.78 is 0. The zero-order valence-electron chi connectivity index (χ0n) is 11.2. The van der Waals surface area contributed by atoms with Crippen molar-refractivity contribution < 1.29 is 4.79 Å². The third kappa shape index (κ3) is 2.91. The van der Waals surface area contributed by atoms with Gasteiger partial charge in [-0.2, -0.15) is 0 Å². The maximum atomic E-state index is 12.5. The largest absolute Gasteiger partial charge is 0.322 e. The van der Waals surface area contributed by atoms with Crippen LogP contribution in [0.1, 0.15) is 10.4 Å². The Morgan fingerprint density at radius 3 is 2.27 bits per heavy atom. The second-order valence-corrected chi connectivity index (χ2v) is 5.95. The van der Waals surface area contributed by atoms with Crippen LogP contribution in [0.5, 0.6) is 0 Å². The van der Waals surface area contributed by atoms with Gasteiger partial charge in [0.05, 0.1) is 10.0 Å². The van der Waals surface area contributed by atoms with Crippen molar-refractivity contribution in [1.82, 2.24) is 0 Å². The van der Waals surface area contributed by atoms with Gasteiger partial charge >= 0.3 is 0 Å². The second kappa shape index (κ2) is 6.17. The molecule has 0 aliphatic heterocycles. The molecule has 0 spiro atoms. The van der Waals surface area contributed by atoms with E-state index < -0.39 is 0 Å². The number of benzene rings is 3. The molecule has 1 N–H and O–H groups in total. The van der Waals surface area contributed by atoms with E-state index in [0.29, 0.717) is 26.3 Å². The first-order valence-corrected chi connectivity index (χ1v) is 7.63. The first-order valence-electron chi connectivity index (χ1n) is 6.50. The molecule has 5 heteroatoms. The summed E-state index contributed by atoms with van der Waals surface area (Å²) in [5.74, 6) is -0.230. The van der Waals surface area contributed by atoms with E-state index in [9.17, 15) is 4.79 Å². The molecule has 0 radical (unpaired) electrons. The van der Waals surface area contributed by atoms with Gasteiger partial charge in [-0.1, -0.05) is 59.1 Å². The number of carbonyl (C=O) groups excluding carboxylic acids is 1. The summed E-state index contributed by atoms with van der Waals surface area (Å²) in [5, 5.41) is 5.89. The maximum Gasteiger partial charge on any atom is 0.256 e. The topological polar surface area (TPSA) is 29.1 Å². The Morgan fingerprint density at radius 2 is 1.50 bits per heavy atom. The minimum Gasteiger partial charge on any atom is -0.322 e. The van der Waals surface area contributed by atoms with Gasteiger partial charge in [0.25, 0.3) is 5.91 Å². The third-order valence-corrected chi connectivity index (χ3v) is 4.36. The molecular formula is C17H10Cl3NO. The van der Waals surface area contributed by atoms with Crippen LogP contribution in [0.15, 0.2) is 54.6 Å². The lowest BCUT2D eigenvalue weighted by Crippen LogP contribution is -2.12. The molecule has 2 nitrogen and oxygen atoms in total. The van der Waals surface area contributed by atoms with Crippen molar-refractivity contribution >= 4 is 57.2 Å². The van der Waals surface area contributed by atoms with E-state index in [1.807, 2.05) is 18.2 Å². The smallest absolute Gasteiger partial charge is 0.256 e. The van der Waals surface area contributed by atoms with Crippen molar-refractivity contribution in [1.29, 1.82) is 0 Å². The molecule has 0 fully saturated rings. The molecule has 3 aromatic carbocycles. The molecule has 1 amide bonds. The van der Waals surface area contributed by atoms with E-state index in [0.717, 1.165) is 10.8 Å². The number of hydrogen-bond acceptors (Lipinski definition) is 1. The molecule has 0 saturated carbocycles. The highest BCUT2D eigenvalue weighted by atomic mass is 35.5. The van der Waals surface area contributed by atoms with E-state index in [4.69, 9.17) is 34.8 Å². The van der Waals surface area contributed by atoms with Crippen molar-refractivity contribution in [2.75, 3.05) is 5.32 Å². The van der Waals surface area contributed by atoms with Crippen LogP contribution in [0.2, 0.25) is 15.1 Å². The third-order valence-electron chi connectivity index (χ3n) is 3.29. The number of hydrogen-bond donors (Lipinski definition) is 1. The molecule has 0 aliphatic rings. The summed E-state index contributed by atoms with van der Waals surface area (Å²) in [6.07, 6.45) is 0. The zero-order valence-corrected chi connectivity index (χ0v) is 13.5. The monoisotopic (exact) mass is 349 g/mol. The molecule has 110 valence electrons. The molecule has 0 aliphatic carbocycles. The summed E-state index contributed by atoms with van der Waals surface area (Å²) in [5.41, 5.74) is 1.13. The molecule has 0 atom stereocenters. The summed E-state index contributed by atoms with van der Waals surface area (Å²) in [6, 6.07) is 15.9. The predicted molar refractivity (Wildman–Crippen MR) is 93.4 cm³/mol. The minimum absolute atomic E-state index is 0.230. The van der Waals surface area contributed by atoms with Crippen LogP contribution in [0.3, 0.4) is 0 Å². The van der Waals surface area contributed by atoms with Crippen molar-refractivity contribution in [3.8, 4) is 0 Å². The predicted octanol–water partition coefficient (Wildman–Crippen LogP) is 6.05. The Balaban J connectivity index is 1.99. The minimum atomic E-state index is -0.230. The van der Waals surface area contributed by atoms with Gasteiger partial charge in [0.1, 0.15) is 0 Å². The molecule has 22 heavy (non-hydrogen) atoms. The fourth-order valence-electron chi connectivity index (χ4n) is 2.24. The number of nitrogens with one attached hydrogen (secondary N) is 1. The molecule has 3 rings (SSSR count). The van der Waals surface area contributed by atoms with Crippen molar-refractivity contribution in [3.63, 3.8) is 0 Å². The second-order valence-electron chi connectivity index (χ2n) is 4.72. The maximum absolute atomic E-state index is 12.5. The Labute approximate surface area is 142 Å². The van der Waals surface area contributed by atoms with Crippen molar-refractivity contribution in [2.45, 2.75) is 0 Å². The first kappa shape index (κ1) is 15.2. The van der Waals surface area contributed by atoms with E-state index in [1.165, 1.54) is 0 Å². The number of amides is 1. The highest BCUT2D eigenvalue weighted by molar-refractivity contribution is 6.42. The van der Waals surface area contributed by atoms with Crippen LogP contribution in [-0.2, 0) is 0 Å². The van der Waals surface area contributed by atoms with E-state index in [1.54, 1.807) is 36.4 Å². The normalized spacial score (nSPS) is 10.7. The van der Waals surface area contributed by atoms with Crippen LogP contribution >= 0.6 is 34.8 Å². The van der Waals surface area contributed by atoms with Gasteiger partial charge in [-0.15, -0.1) is 0 Å². The Bertz CT molecular complexity index is 877. The number of fused-ring (bicyclic) bond motifs is 1. The summed E-state index contributed by atoms with van der Waals surface area (Å²) >= 11 is 18.0. The summed E-state index contributed by atoms with van der Waals surface area (Å²) in [4.78, 5) is 12.5. The lowest BCUT2D eigenvalue weighted by molar-refractivity contribution is 0.102. The average Bonchev–Trinajstić information content (AvgIpc) is 2.51. The SMILES string of the molecule is O=C(Nc1ccc(Cl)c(Cl)c1)c1cccc2c(Cl)cccc12. The number of rotatable bonds is 2. The highest BCUT2D eigenvalue weighted by Crippen LogP contribution is 2.28.